The van der Waals surface area contributed by atoms with Crippen molar-refractivity contribution in [1.82, 2.24) is 0 Å². The number of carboxylic acids is 1. The maximum atomic E-state index is 11.3. The average Bonchev–Trinajstić information content (AvgIpc) is 2.28. The van der Waals surface area contributed by atoms with Crippen molar-refractivity contribution in [2.75, 3.05) is 6.61 Å². The fourth-order valence-electron chi connectivity index (χ4n) is 1.55. The van der Waals surface area contributed by atoms with Gasteiger partial charge in [0.1, 0.15) is 0 Å². The quantitative estimate of drug-likeness (QED) is 0.356. The van der Waals surface area contributed by atoms with Crippen LogP contribution in [-0.2, 0) is 24.4 Å². The van der Waals surface area contributed by atoms with Crippen LogP contribution in [0.15, 0.2) is 0 Å². The first-order chi connectivity index (χ1) is 9.14. The normalized spacial score (nSPS) is 13.2. The summed E-state index contributed by atoms with van der Waals surface area (Å²) in [7, 11) is -4.81. The Kier molecular flexibility index (Phi) is 8.40. The number of hydrogen-bond donors (Lipinski definition) is 2. The van der Waals surface area contributed by atoms with E-state index in [4.69, 9.17) is 14.4 Å². The SMILES string of the molecule is CC(C)CCCCCOC(=O)CC(C(=O)O)S(=O)(=O)O. The van der Waals surface area contributed by atoms with Crippen molar-refractivity contribution in [3.8, 4) is 0 Å². The van der Waals surface area contributed by atoms with E-state index >= 15 is 0 Å². The highest BCUT2D eigenvalue weighted by Crippen LogP contribution is 2.09. The first kappa shape index (κ1) is 18.9. The van der Waals surface area contributed by atoms with Gasteiger partial charge in [-0.3, -0.25) is 14.1 Å². The van der Waals surface area contributed by atoms with E-state index in [1.807, 2.05) is 0 Å². The minimum atomic E-state index is -4.81. The Bertz CT molecular complexity index is 414. The van der Waals surface area contributed by atoms with Gasteiger partial charge in [-0.15, -0.1) is 0 Å². The molecular formula is C12H22O7S. The van der Waals surface area contributed by atoms with E-state index in [1.165, 1.54) is 0 Å². The molecule has 0 aromatic heterocycles. The molecule has 1 unspecified atom stereocenters. The molecule has 0 aliphatic rings. The van der Waals surface area contributed by atoms with Crippen molar-refractivity contribution in [2.24, 2.45) is 5.92 Å². The van der Waals surface area contributed by atoms with Gasteiger partial charge < -0.3 is 9.84 Å². The summed E-state index contributed by atoms with van der Waals surface area (Å²) in [5, 5.41) is 6.43. The van der Waals surface area contributed by atoms with Crippen molar-refractivity contribution < 1.29 is 32.4 Å². The first-order valence-corrected chi connectivity index (χ1v) is 7.99. The van der Waals surface area contributed by atoms with Crippen LogP contribution < -0.4 is 0 Å². The molecule has 0 aliphatic heterocycles. The Morgan fingerprint density at radius 3 is 2.20 bits per heavy atom. The lowest BCUT2D eigenvalue weighted by Gasteiger charge is -2.09. The number of hydrogen-bond acceptors (Lipinski definition) is 5. The molecule has 2 N–H and O–H groups in total. The van der Waals surface area contributed by atoms with Crippen LogP contribution in [0.5, 0.6) is 0 Å². The Balaban J connectivity index is 3.96. The Labute approximate surface area is 119 Å². The predicted molar refractivity (Wildman–Crippen MR) is 71.9 cm³/mol. The van der Waals surface area contributed by atoms with Crippen molar-refractivity contribution in [3.63, 3.8) is 0 Å². The maximum absolute atomic E-state index is 11.3. The van der Waals surface area contributed by atoms with E-state index in [1.54, 1.807) is 0 Å². The lowest BCUT2D eigenvalue weighted by atomic mass is 10.1. The third-order valence-electron chi connectivity index (χ3n) is 2.68. The summed E-state index contributed by atoms with van der Waals surface area (Å²) in [6.07, 6.45) is 2.73. The zero-order chi connectivity index (χ0) is 15.8. The monoisotopic (exact) mass is 310 g/mol. The zero-order valence-electron chi connectivity index (χ0n) is 11.7. The summed E-state index contributed by atoms with van der Waals surface area (Å²) < 4.78 is 34.9. The Hall–Kier alpha value is -1.15. The second kappa shape index (κ2) is 8.91. The summed E-state index contributed by atoms with van der Waals surface area (Å²) in [6.45, 7) is 4.34. The van der Waals surface area contributed by atoms with Crippen LogP contribution >= 0.6 is 0 Å². The molecule has 0 saturated carbocycles. The lowest BCUT2D eigenvalue weighted by molar-refractivity contribution is -0.147. The molecule has 8 heteroatoms. The number of esters is 1. The van der Waals surface area contributed by atoms with Gasteiger partial charge in [0.25, 0.3) is 10.1 Å². The number of rotatable bonds is 10. The fourth-order valence-corrected chi connectivity index (χ4v) is 2.15. The summed E-state index contributed by atoms with van der Waals surface area (Å²) in [4.78, 5) is 21.9. The van der Waals surface area contributed by atoms with Gasteiger partial charge in [0.2, 0.25) is 0 Å². The Morgan fingerprint density at radius 2 is 1.75 bits per heavy atom. The molecule has 118 valence electrons. The minimum Gasteiger partial charge on any atom is -0.480 e. The summed E-state index contributed by atoms with van der Waals surface area (Å²) >= 11 is 0. The van der Waals surface area contributed by atoms with Crippen LogP contribution in [0.1, 0.15) is 46.0 Å². The van der Waals surface area contributed by atoms with Gasteiger partial charge in [-0.05, 0) is 12.3 Å². The molecule has 0 rings (SSSR count). The largest absolute Gasteiger partial charge is 0.480 e. The molecule has 0 spiro atoms. The highest BCUT2D eigenvalue weighted by molar-refractivity contribution is 7.87. The maximum Gasteiger partial charge on any atom is 0.325 e. The van der Waals surface area contributed by atoms with Crippen LogP contribution in [0.3, 0.4) is 0 Å². The number of carbonyl (C=O) groups excluding carboxylic acids is 1. The van der Waals surface area contributed by atoms with Crippen molar-refractivity contribution in [2.45, 2.75) is 51.2 Å². The molecule has 0 fully saturated rings. The van der Waals surface area contributed by atoms with E-state index in [9.17, 15) is 18.0 Å². The molecule has 0 aromatic carbocycles. The van der Waals surface area contributed by atoms with Crippen molar-refractivity contribution in [3.05, 3.63) is 0 Å². The van der Waals surface area contributed by atoms with Crippen LogP contribution in [0.2, 0.25) is 0 Å². The van der Waals surface area contributed by atoms with Crippen LogP contribution in [-0.4, -0.2) is 41.9 Å². The second-order valence-electron chi connectivity index (χ2n) is 5.01. The Morgan fingerprint density at radius 1 is 1.15 bits per heavy atom. The third kappa shape index (κ3) is 8.87. The van der Waals surface area contributed by atoms with Gasteiger partial charge in [-0.2, -0.15) is 8.42 Å². The molecule has 20 heavy (non-hydrogen) atoms. The van der Waals surface area contributed by atoms with Crippen molar-refractivity contribution in [1.29, 1.82) is 0 Å². The number of ether oxygens (including phenoxy) is 1. The fraction of sp³-hybridized carbons (Fsp3) is 0.833. The van der Waals surface area contributed by atoms with E-state index in [2.05, 4.69) is 13.8 Å². The van der Waals surface area contributed by atoms with Crippen LogP contribution in [0.25, 0.3) is 0 Å². The molecule has 0 radical (unpaired) electrons. The molecule has 1 atom stereocenters. The summed E-state index contributed by atoms with van der Waals surface area (Å²) in [5.41, 5.74) is 0. The van der Waals surface area contributed by atoms with Crippen LogP contribution in [0.4, 0.5) is 0 Å². The summed E-state index contributed by atoms with van der Waals surface area (Å²) in [5.74, 6) is -2.11. The van der Waals surface area contributed by atoms with Gasteiger partial charge >= 0.3 is 11.9 Å². The number of aliphatic carboxylic acids is 1. The number of carbonyl (C=O) groups is 2. The standard InChI is InChI=1S/C12H22O7S/c1-9(2)6-4-3-5-7-19-11(13)8-10(12(14)15)20(16,17)18/h9-10H,3-8H2,1-2H3,(H,14,15)(H,16,17,18). The van der Waals surface area contributed by atoms with E-state index in [-0.39, 0.29) is 6.61 Å². The number of unbranched alkanes of at least 4 members (excludes halogenated alkanes) is 2. The van der Waals surface area contributed by atoms with E-state index in [0.717, 1.165) is 19.3 Å². The van der Waals surface area contributed by atoms with E-state index < -0.39 is 33.7 Å². The number of carboxylic acid groups (broad SMARTS) is 1. The van der Waals surface area contributed by atoms with Crippen molar-refractivity contribution >= 4 is 22.1 Å². The molecule has 0 aliphatic carbocycles. The molecule has 7 nitrogen and oxygen atoms in total. The predicted octanol–water partition coefficient (Wildman–Crippen LogP) is 1.48. The molecule has 0 heterocycles. The molecule has 0 amide bonds. The molecular weight excluding hydrogens is 288 g/mol. The lowest BCUT2D eigenvalue weighted by Crippen LogP contribution is -2.32. The first-order valence-electron chi connectivity index (χ1n) is 6.49. The van der Waals surface area contributed by atoms with E-state index in [0.29, 0.717) is 12.3 Å². The van der Waals surface area contributed by atoms with Gasteiger partial charge in [0.05, 0.1) is 13.0 Å². The second-order valence-corrected chi connectivity index (χ2v) is 6.61. The summed E-state index contributed by atoms with van der Waals surface area (Å²) in [6, 6.07) is 0. The highest BCUT2D eigenvalue weighted by atomic mass is 32.2. The van der Waals surface area contributed by atoms with Gasteiger partial charge in [0, 0.05) is 0 Å². The minimum absolute atomic E-state index is 0.120. The van der Waals surface area contributed by atoms with Gasteiger partial charge in [-0.1, -0.05) is 33.1 Å². The average molecular weight is 310 g/mol. The highest BCUT2D eigenvalue weighted by Gasteiger charge is 2.33. The van der Waals surface area contributed by atoms with Crippen LogP contribution in [0, 0.1) is 5.92 Å². The third-order valence-corrected chi connectivity index (χ3v) is 3.76. The topological polar surface area (TPSA) is 118 Å². The zero-order valence-corrected chi connectivity index (χ0v) is 12.6. The van der Waals surface area contributed by atoms with Gasteiger partial charge in [0.15, 0.2) is 5.25 Å². The smallest absolute Gasteiger partial charge is 0.325 e. The molecule has 0 aromatic rings. The molecule has 0 saturated heterocycles. The van der Waals surface area contributed by atoms with Gasteiger partial charge in [-0.25, -0.2) is 0 Å². The molecule has 0 bridgehead atoms.